The third-order valence-electron chi connectivity index (χ3n) is 3.23. The van der Waals surface area contributed by atoms with Crippen LogP contribution in [0.25, 0.3) is 6.08 Å². The van der Waals surface area contributed by atoms with Crippen LogP contribution in [0, 0.1) is 6.92 Å². The van der Waals surface area contributed by atoms with E-state index in [0.717, 1.165) is 23.7 Å². The number of hydrogen-bond donors (Lipinski definition) is 1. The number of anilines is 1. The zero-order chi connectivity index (χ0) is 15.2. The first-order valence-corrected chi connectivity index (χ1v) is 6.82. The van der Waals surface area contributed by atoms with Gasteiger partial charge in [0.25, 0.3) is 0 Å². The highest BCUT2D eigenvalue weighted by molar-refractivity contribution is 5.85. The van der Waals surface area contributed by atoms with Gasteiger partial charge in [-0.2, -0.15) is 0 Å². The quantitative estimate of drug-likeness (QED) is 0.849. The summed E-state index contributed by atoms with van der Waals surface area (Å²) in [4.78, 5) is 12.7. The van der Waals surface area contributed by atoms with E-state index in [1.54, 1.807) is 6.08 Å². The highest BCUT2D eigenvalue weighted by Crippen LogP contribution is 2.17. The molecule has 0 aliphatic carbocycles. The summed E-state index contributed by atoms with van der Waals surface area (Å²) in [6.45, 7) is 2.85. The summed E-state index contributed by atoms with van der Waals surface area (Å²) >= 11 is 0. The van der Waals surface area contributed by atoms with Gasteiger partial charge < -0.3 is 10.0 Å². The van der Waals surface area contributed by atoms with Crippen molar-refractivity contribution in [1.82, 2.24) is 0 Å². The maximum atomic E-state index is 10.6. The Hall–Kier alpha value is -2.55. The Kier molecular flexibility index (Phi) is 4.77. The average molecular weight is 281 g/mol. The second-order valence-electron chi connectivity index (χ2n) is 5.11. The van der Waals surface area contributed by atoms with Crippen LogP contribution in [0.5, 0.6) is 0 Å². The fourth-order valence-corrected chi connectivity index (χ4v) is 2.19. The number of carbonyl (C=O) groups is 1. The molecule has 0 fully saturated rings. The van der Waals surface area contributed by atoms with Crippen molar-refractivity contribution in [2.75, 3.05) is 11.9 Å². The first-order valence-electron chi connectivity index (χ1n) is 6.82. The lowest BCUT2D eigenvalue weighted by Crippen LogP contribution is -2.16. The van der Waals surface area contributed by atoms with Crippen molar-refractivity contribution in [3.05, 3.63) is 71.3 Å². The number of rotatable bonds is 5. The highest BCUT2D eigenvalue weighted by atomic mass is 16.4. The van der Waals surface area contributed by atoms with Gasteiger partial charge in [0, 0.05) is 25.4 Å². The summed E-state index contributed by atoms with van der Waals surface area (Å²) in [6, 6.07) is 16.3. The SMILES string of the molecule is Cc1cccc(N(C)Cc2cccc(C=CC(=O)O)c2)c1. The van der Waals surface area contributed by atoms with Gasteiger partial charge in [-0.25, -0.2) is 4.79 Å². The summed E-state index contributed by atoms with van der Waals surface area (Å²) < 4.78 is 0. The largest absolute Gasteiger partial charge is 0.478 e. The molecule has 0 amide bonds. The number of carboxylic acid groups (broad SMARTS) is 1. The van der Waals surface area contributed by atoms with E-state index in [0.29, 0.717) is 0 Å². The van der Waals surface area contributed by atoms with Crippen molar-refractivity contribution in [3.8, 4) is 0 Å². The van der Waals surface area contributed by atoms with Gasteiger partial charge in [-0.3, -0.25) is 0 Å². The van der Waals surface area contributed by atoms with Gasteiger partial charge in [0.15, 0.2) is 0 Å². The first-order chi connectivity index (χ1) is 10.0. The molecule has 3 nitrogen and oxygen atoms in total. The van der Waals surface area contributed by atoms with Crippen LogP contribution in [-0.4, -0.2) is 18.1 Å². The van der Waals surface area contributed by atoms with Crippen molar-refractivity contribution < 1.29 is 9.90 Å². The fraction of sp³-hybridized carbons (Fsp3) is 0.167. The molecule has 0 bridgehead atoms. The molecule has 3 heteroatoms. The molecule has 0 unspecified atom stereocenters. The second-order valence-corrected chi connectivity index (χ2v) is 5.11. The van der Waals surface area contributed by atoms with Gasteiger partial charge in [-0.1, -0.05) is 30.3 Å². The molecule has 0 saturated heterocycles. The standard InChI is InChI=1S/C18H19NO2/c1-14-5-3-8-17(11-14)19(2)13-16-7-4-6-15(12-16)9-10-18(20)21/h3-12H,13H2,1-2H3,(H,20,21). The molecule has 2 rings (SSSR count). The predicted octanol–water partition coefficient (Wildman–Crippen LogP) is 3.73. The molecule has 0 aliphatic rings. The van der Waals surface area contributed by atoms with Crippen LogP contribution in [0.4, 0.5) is 5.69 Å². The molecule has 1 N–H and O–H groups in total. The van der Waals surface area contributed by atoms with Crippen LogP contribution < -0.4 is 4.90 Å². The van der Waals surface area contributed by atoms with Crippen molar-refractivity contribution in [2.24, 2.45) is 0 Å². The summed E-state index contributed by atoms with van der Waals surface area (Å²) in [7, 11) is 2.05. The lowest BCUT2D eigenvalue weighted by molar-refractivity contribution is -0.131. The first kappa shape index (κ1) is 14.9. The highest BCUT2D eigenvalue weighted by Gasteiger charge is 2.03. The number of carboxylic acids is 1. The molecular weight excluding hydrogens is 262 g/mol. The molecular formula is C18H19NO2. The van der Waals surface area contributed by atoms with E-state index in [1.165, 1.54) is 11.3 Å². The molecule has 2 aromatic carbocycles. The average Bonchev–Trinajstić information content (AvgIpc) is 2.45. The Morgan fingerprint density at radius 1 is 1.19 bits per heavy atom. The maximum Gasteiger partial charge on any atom is 0.328 e. The third kappa shape index (κ3) is 4.49. The number of aliphatic carboxylic acids is 1. The fourth-order valence-electron chi connectivity index (χ4n) is 2.19. The molecule has 2 aromatic rings. The molecule has 0 saturated carbocycles. The summed E-state index contributed by atoms with van der Waals surface area (Å²) in [5, 5.41) is 8.67. The number of hydrogen-bond acceptors (Lipinski definition) is 2. The molecule has 0 aromatic heterocycles. The lowest BCUT2D eigenvalue weighted by Gasteiger charge is -2.20. The minimum Gasteiger partial charge on any atom is -0.478 e. The molecule has 0 spiro atoms. The zero-order valence-electron chi connectivity index (χ0n) is 12.3. The lowest BCUT2D eigenvalue weighted by atomic mass is 10.1. The van der Waals surface area contributed by atoms with E-state index in [2.05, 4.69) is 37.1 Å². The third-order valence-corrected chi connectivity index (χ3v) is 3.23. The number of nitrogens with zero attached hydrogens (tertiary/aromatic N) is 1. The summed E-state index contributed by atoms with van der Waals surface area (Å²) in [5.41, 5.74) is 4.44. The minimum atomic E-state index is -0.933. The Labute approximate surface area is 125 Å². The Bertz CT molecular complexity index is 662. The molecule has 0 atom stereocenters. The molecule has 0 radical (unpaired) electrons. The minimum absolute atomic E-state index is 0.776. The van der Waals surface area contributed by atoms with E-state index in [9.17, 15) is 4.79 Å². The van der Waals surface area contributed by atoms with Crippen molar-refractivity contribution >= 4 is 17.7 Å². The second kappa shape index (κ2) is 6.75. The van der Waals surface area contributed by atoms with Crippen LogP contribution in [0.1, 0.15) is 16.7 Å². The Balaban J connectivity index is 2.12. The summed E-state index contributed by atoms with van der Waals surface area (Å²) in [5.74, 6) is -0.933. The topological polar surface area (TPSA) is 40.5 Å². The monoisotopic (exact) mass is 281 g/mol. The normalized spacial score (nSPS) is 10.8. The van der Waals surface area contributed by atoms with Crippen molar-refractivity contribution in [3.63, 3.8) is 0 Å². The molecule has 21 heavy (non-hydrogen) atoms. The van der Waals surface area contributed by atoms with E-state index in [-0.39, 0.29) is 0 Å². The van der Waals surface area contributed by atoms with Crippen LogP contribution in [0.15, 0.2) is 54.6 Å². The van der Waals surface area contributed by atoms with Gasteiger partial charge in [0.2, 0.25) is 0 Å². The predicted molar refractivity (Wildman–Crippen MR) is 86.4 cm³/mol. The van der Waals surface area contributed by atoms with E-state index >= 15 is 0 Å². The van der Waals surface area contributed by atoms with Gasteiger partial charge in [-0.15, -0.1) is 0 Å². The zero-order valence-corrected chi connectivity index (χ0v) is 12.3. The van der Waals surface area contributed by atoms with Gasteiger partial charge in [-0.05, 0) is 47.9 Å². The summed E-state index contributed by atoms with van der Waals surface area (Å²) in [6.07, 6.45) is 2.77. The Morgan fingerprint density at radius 2 is 1.95 bits per heavy atom. The number of aryl methyl sites for hydroxylation is 1. The molecule has 0 heterocycles. The van der Waals surface area contributed by atoms with Crippen molar-refractivity contribution in [1.29, 1.82) is 0 Å². The van der Waals surface area contributed by atoms with Crippen LogP contribution in [0.2, 0.25) is 0 Å². The van der Waals surface area contributed by atoms with E-state index in [1.807, 2.05) is 30.3 Å². The van der Waals surface area contributed by atoms with Crippen LogP contribution >= 0.6 is 0 Å². The van der Waals surface area contributed by atoms with Gasteiger partial charge >= 0.3 is 5.97 Å². The maximum absolute atomic E-state index is 10.6. The van der Waals surface area contributed by atoms with E-state index in [4.69, 9.17) is 5.11 Å². The molecule has 0 aliphatic heterocycles. The van der Waals surface area contributed by atoms with Gasteiger partial charge in [0.05, 0.1) is 0 Å². The number of benzene rings is 2. The Morgan fingerprint density at radius 3 is 2.67 bits per heavy atom. The van der Waals surface area contributed by atoms with E-state index < -0.39 is 5.97 Å². The van der Waals surface area contributed by atoms with Crippen molar-refractivity contribution in [2.45, 2.75) is 13.5 Å². The van der Waals surface area contributed by atoms with Crippen LogP contribution in [0.3, 0.4) is 0 Å². The molecule has 108 valence electrons. The van der Waals surface area contributed by atoms with Gasteiger partial charge in [0.1, 0.15) is 0 Å². The smallest absolute Gasteiger partial charge is 0.328 e. The van der Waals surface area contributed by atoms with Crippen LogP contribution in [-0.2, 0) is 11.3 Å².